The van der Waals surface area contributed by atoms with Gasteiger partial charge in [0.05, 0.1) is 0 Å². The highest BCUT2D eigenvalue weighted by Gasteiger charge is 2.61. The second kappa shape index (κ2) is 6.24. The molecule has 0 aromatic heterocycles. The van der Waals surface area contributed by atoms with Gasteiger partial charge in [0.2, 0.25) is 0 Å². The Morgan fingerprint density at radius 2 is 1.52 bits per heavy atom. The van der Waals surface area contributed by atoms with Gasteiger partial charge in [0.1, 0.15) is 11.5 Å². The molecule has 3 saturated carbocycles. The molecule has 3 fully saturated rings. The van der Waals surface area contributed by atoms with Crippen LogP contribution in [-0.4, -0.2) is 19.7 Å². The number of carbonyl (C=O) groups is 1. The van der Waals surface area contributed by atoms with Crippen molar-refractivity contribution in [2.24, 2.45) is 33.5 Å². The lowest BCUT2D eigenvalue weighted by atomic mass is 9.70. The van der Waals surface area contributed by atoms with E-state index in [9.17, 15) is 26.4 Å². The molecule has 0 N–H and O–H groups in total. The van der Waals surface area contributed by atoms with E-state index in [2.05, 4.69) is 25.0 Å². The fourth-order valence-electron chi connectivity index (χ4n) is 5.91. The summed E-state index contributed by atoms with van der Waals surface area (Å²) in [5.74, 6) is 0.585. The molecule has 4 bridgehead atoms. The SMILES string of the molecule is CC12C=C(OS(=O)(=O)C(F)(F)F)C(CC1)C2(C)C.CC12CCC(C(=O)C1)C2(C)C. The van der Waals surface area contributed by atoms with Gasteiger partial charge in [0.15, 0.2) is 0 Å². The fraction of sp³-hybridized carbons (Fsp3) is 0.857. The predicted molar refractivity (Wildman–Crippen MR) is 103 cm³/mol. The van der Waals surface area contributed by atoms with Gasteiger partial charge >= 0.3 is 15.6 Å². The van der Waals surface area contributed by atoms with Gasteiger partial charge < -0.3 is 4.18 Å². The second-order valence-corrected chi connectivity index (χ2v) is 12.3. The van der Waals surface area contributed by atoms with Gasteiger partial charge in [-0.05, 0) is 53.4 Å². The van der Waals surface area contributed by atoms with Crippen LogP contribution >= 0.6 is 0 Å². The summed E-state index contributed by atoms with van der Waals surface area (Å²) in [6.45, 7) is 12.6. The summed E-state index contributed by atoms with van der Waals surface area (Å²) in [6.07, 6.45) is 6.28. The summed E-state index contributed by atoms with van der Waals surface area (Å²) in [6, 6.07) is 0. The van der Waals surface area contributed by atoms with Crippen LogP contribution in [0, 0.1) is 33.5 Å². The van der Waals surface area contributed by atoms with Crippen molar-refractivity contribution in [3.63, 3.8) is 0 Å². The Kier molecular flexibility index (Phi) is 4.87. The minimum Gasteiger partial charge on any atom is -0.381 e. The number of halogens is 3. The fourth-order valence-corrected chi connectivity index (χ4v) is 6.42. The van der Waals surface area contributed by atoms with Gasteiger partial charge in [-0.25, -0.2) is 0 Å². The Bertz CT molecular complexity index is 853. The zero-order chi connectivity index (χ0) is 22.3. The highest BCUT2D eigenvalue weighted by molar-refractivity contribution is 7.87. The van der Waals surface area contributed by atoms with Crippen molar-refractivity contribution in [1.82, 2.24) is 0 Å². The van der Waals surface area contributed by atoms with Crippen LogP contribution in [0.1, 0.15) is 73.6 Å². The molecule has 0 saturated heterocycles. The Morgan fingerprint density at radius 3 is 1.79 bits per heavy atom. The first-order chi connectivity index (χ1) is 12.9. The number of carbonyl (C=O) groups excluding carboxylic acids is 1. The summed E-state index contributed by atoms with van der Waals surface area (Å²) >= 11 is 0. The average Bonchev–Trinajstić information content (AvgIpc) is 3.02. The first kappa shape index (κ1) is 22.6. The van der Waals surface area contributed by atoms with Crippen molar-refractivity contribution in [2.45, 2.75) is 79.2 Å². The van der Waals surface area contributed by atoms with Crippen molar-refractivity contribution in [1.29, 1.82) is 0 Å². The smallest absolute Gasteiger partial charge is 0.381 e. The summed E-state index contributed by atoms with van der Waals surface area (Å²) in [7, 11) is -5.55. The van der Waals surface area contributed by atoms with Gasteiger partial charge in [-0.1, -0.05) is 41.5 Å². The summed E-state index contributed by atoms with van der Waals surface area (Å²) in [5, 5.41) is 0. The normalized spacial score (nSPS) is 39.2. The van der Waals surface area contributed by atoms with Crippen molar-refractivity contribution < 1.29 is 30.6 Å². The largest absolute Gasteiger partial charge is 0.534 e. The van der Waals surface area contributed by atoms with E-state index in [-0.39, 0.29) is 27.9 Å². The van der Waals surface area contributed by atoms with Gasteiger partial charge in [-0.3, -0.25) is 4.79 Å². The number of fused-ring (bicyclic) bond motifs is 4. The molecule has 4 atom stereocenters. The number of hydrogen-bond donors (Lipinski definition) is 0. The van der Waals surface area contributed by atoms with Crippen molar-refractivity contribution >= 4 is 15.9 Å². The van der Waals surface area contributed by atoms with Crippen LogP contribution in [0.2, 0.25) is 0 Å². The number of allylic oxidation sites excluding steroid dienone is 2. The molecule has 4 aliphatic rings. The maximum atomic E-state index is 12.3. The zero-order valence-corrected chi connectivity index (χ0v) is 18.8. The molecule has 0 aromatic rings. The van der Waals surface area contributed by atoms with E-state index in [1.807, 2.05) is 20.8 Å². The topological polar surface area (TPSA) is 60.4 Å². The maximum Gasteiger partial charge on any atom is 0.534 e. The molecule has 166 valence electrons. The van der Waals surface area contributed by atoms with Crippen LogP contribution in [0.5, 0.6) is 0 Å². The molecular weight excluding hydrogens is 405 g/mol. The molecule has 0 spiro atoms. The average molecular weight is 437 g/mol. The van der Waals surface area contributed by atoms with Crippen molar-refractivity contribution in [3.8, 4) is 0 Å². The lowest BCUT2D eigenvalue weighted by molar-refractivity contribution is -0.122. The molecule has 29 heavy (non-hydrogen) atoms. The second-order valence-electron chi connectivity index (χ2n) is 10.8. The van der Waals surface area contributed by atoms with E-state index in [1.165, 1.54) is 6.42 Å². The predicted octanol–water partition coefficient (Wildman–Crippen LogP) is 5.59. The number of Topliss-reactive ketones (excluding diaryl/α,β-unsaturated/α-hetero) is 1. The molecule has 0 amide bonds. The molecule has 0 aliphatic heterocycles. The maximum absolute atomic E-state index is 12.3. The zero-order valence-electron chi connectivity index (χ0n) is 17.9. The third-order valence-corrected chi connectivity index (χ3v) is 9.93. The van der Waals surface area contributed by atoms with E-state index in [0.717, 1.165) is 19.3 Å². The van der Waals surface area contributed by atoms with E-state index < -0.39 is 15.6 Å². The molecule has 4 rings (SSSR count). The highest BCUT2D eigenvalue weighted by Crippen LogP contribution is 2.65. The molecule has 0 aromatic carbocycles. The third-order valence-electron chi connectivity index (χ3n) is 8.95. The molecule has 4 aliphatic carbocycles. The number of ketones is 1. The number of rotatable bonds is 2. The minimum absolute atomic E-state index is 0.0499. The van der Waals surface area contributed by atoms with Gasteiger partial charge in [0, 0.05) is 18.3 Å². The molecule has 0 heterocycles. The van der Waals surface area contributed by atoms with Crippen molar-refractivity contribution in [2.75, 3.05) is 0 Å². The molecule has 8 heteroatoms. The molecule has 4 unspecified atom stereocenters. The van der Waals surface area contributed by atoms with Crippen LogP contribution in [0.3, 0.4) is 0 Å². The summed E-state index contributed by atoms with van der Waals surface area (Å²) in [4.78, 5) is 11.5. The lowest BCUT2D eigenvalue weighted by Crippen LogP contribution is -2.29. The van der Waals surface area contributed by atoms with E-state index in [4.69, 9.17) is 0 Å². The van der Waals surface area contributed by atoms with E-state index in [1.54, 1.807) is 6.08 Å². The Hall–Kier alpha value is -1.05. The number of alkyl halides is 3. The van der Waals surface area contributed by atoms with Crippen LogP contribution < -0.4 is 0 Å². The molecule has 4 nitrogen and oxygen atoms in total. The first-order valence-electron chi connectivity index (χ1n) is 10.1. The Balaban J connectivity index is 0.000000186. The van der Waals surface area contributed by atoms with Gasteiger partial charge in [0.25, 0.3) is 0 Å². The minimum atomic E-state index is -5.55. The highest BCUT2D eigenvalue weighted by atomic mass is 32.2. The van der Waals surface area contributed by atoms with E-state index >= 15 is 0 Å². The third kappa shape index (κ3) is 3.15. The van der Waals surface area contributed by atoms with Crippen LogP contribution in [0.15, 0.2) is 11.8 Å². The number of hydrogen-bond acceptors (Lipinski definition) is 4. The first-order valence-corrected chi connectivity index (χ1v) is 11.6. The Labute approximate surface area is 171 Å². The van der Waals surface area contributed by atoms with Crippen LogP contribution in [0.25, 0.3) is 0 Å². The summed E-state index contributed by atoms with van der Waals surface area (Å²) in [5.41, 5.74) is -5.34. The van der Waals surface area contributed by atoms with Crippen LogP contribution in [-0.2, 0) is 19.1 Å². The van der Waals surface area contributed by atoms with Crippen LogP contribution in [0.4, 0.5) is 13.2 Å². The quantitative estimate of drug-likeness (QED) is 0.418. The Morgan fingerprint density at radius 1 is 0.966 bits per heavy atom. The van der Waals surface area contributed by atoms with Gasteiger partial charge in [-0.2, -0.15) is 21.6 Å². The molecule has 0 radical (unpaired) electrons. The monoisotopic (exact) mass is 436 g/mol. The molecular formula is C21H31F3O4S. The van der Waals surface area contributed by atoms with E-state index in [0.29, 0.717) is 23.5 Å². The lowest BCUT2D eigenvalue weighted by Gasteiger charge is -2.33. The van der Waals surface area contributed by atoms with Crippen molar-refractivity contribution in [3.05, 3.63) is 11.8 Å². The van der Waals surface area contributed by atoms with Gasteiger partial charge in [-0.15, -0.1) is 0 Å². The standard InChI is InChI=1S/C11H15F3O3S.C10H16O/c1-9(2)7-4-5-10(9,3)6-8(7)17-18(15,16)11(12,13)14;1-9(2)7-4-5-10(9,3)6-8(7)11/h6-7H,4-5H2,1-3H3;7H,4-6H2,1-3H3. The summed E-state index contributed by atoms with van der Waals surface area (Å²) < 4.78 is 63.2.